The quantitative estimate of drug-likeness (QED) is 0.435. The van der Waals surface area contributed by atoms with E-state index >= 15 is 0 Å². The molecule has 1 rings (SSSR count). The van der Waals surface area contributed by atoms with E-state index in [1.54, 1.807) is 23.9 Å². The summed E-state index contributed by atoms with van der Waals surface area (Å²) in [7, 11) is 0. The Balaban J connectivity index is 2.63. The van der Waals surface area contributed by atoms with Crippen LogP contribution >= 0.6 is 23.4 Å². The molecule has 0 heterocycles. The summed E-state index contributed by atoms with van der Waals surface area (Å²) in [6, 6.07) is 4.58. The van der Waals surface area contributed by atoms with Crippen molar-refractivity contribution in [2.45, 2.75) is 25.5 Å². The molecule has 5 heteroatoms. The van der Waals surface area contributed by atoms with Gasteiger partial charge < -0.3 is 0 Å². The van der Waals surface area contributed by atoms with Gasteiger partial charge >= 0.3 is 0 Å². The zero-order valence-corrected chi connectivity index (χ0v) is 10.7. The second-order valence-corrected chi connectivity index (χ2v) is 4.95. The molecular weight excluding hydrogens is 246 g/mol. The van der Waals surface area contributed by atoms with Crippen LogP contribution in [0.25, 0.3) is 0 Å². The molecule has 0 unspecified atom stereocenters. The largest absolute Gasteiger partial charge is 0.269 e. The van der Waals surface area contributed by atoms with Gasteiger partial charge in [-0.2, -0.15) is 11.8 Å². The first-order chi connectivity index (χ1) is 7.65. The lowest BCUT2D eigenvalue weighted by atomic mass is 10.2. The number of nitrogens with zero attached hydrogens (tertiary/aromatic N) is 1. The molecule has 16 heavy (non-hydrogen) atoms. The minimum atomic E-state index is -0.392. The maximum atomic E-state index is 10.6. The van der Waals surface area contributed by atoms with Crippen LogP contribution in [-0.4, -0.2) is 10.7 Å². The van der Waals surface area contributed by atoms with E-state index in [0.29, 0.717) is 5.02 Å². The number of unbranched alkanes of at least 4 members (excludes halogenated alkanes) is 1. The van der Waals surface area contributed by atoms with Gasteiger partial charge in [-0.3, -0.25) is 10.1 Å². The third kappa shape index (κ3) is 4.02. The average molecular weight is 260 g/mol. The first-order valence-electron chi connectivity index (χ1n) is 5.15. The minimum absolute atomic E-state index is 0.107. The van der Waals surface area contributed by atoms with Gasteiger partial charge in [0, 0.05) is 22.9 Å². The van der Waals surface area contributed by atoms with Crippen molar-refractivity contribution in [1.29, 1.82) is 0 Å². The Kier molecular flexibility index (Phi) is 5.63. The molecule has 0 atom stereocenters. The van der Waals surface area contributed by atoms with E-state index in [1.165, 1.54) is 6.07 Å². The first-order valence-corrected chi connectivity index (χ1v) is 6.69. The zero-order chi connectivity index (χ0) is 12.0. The zero-order valence-electron chi connectivity index (χ0n) is 9.11. The molecule has 88 valence electrons. The van der Waals surface area contributed by atoms with Crippen molar-refractivity contribution in [3.63, 3.8) is 0 Å². The number of hydrogen-bond acceptors (Lipinski definition) is 3. The highest BCUT2D eigenvalue weighted by Crippen LogP contribution is 2.26. The van der Waals surface area contributed by atoms with Crippen LogP contribution in [0.2, 0.25) is 5.02 Å². The molecule has 1 aromatic carbocycles. The Morgan fingerprint density at radius 1 is 1.50 bits per heavy atom. The van der Waals surface area contributed by atoms with Gasteiger partial charge in [0.25, 0.3) is 5.69 Å². The molecule has 0 fully saturated rings. The Hall–Kier alpha value is -0.740. The van der Waals surface area contributed by atoms with E-state index in [-0.39, 0.29) is 5.69 Å². The lowest BCUT2D eigenvalue weighted by molar-refractivity contribution is -0.384. The van der Waals surface area contributed by atoms with E-state index in [9.17, 15) is 10.1 Å². The second-order valence-electron chi connectivity index (χ2n) is 3.44. The number of hydrogen-bond donors (Lipinski definition) is 0. The van der Waals surface area contributed by atoms with E-state index < -0.39 is 4.92 Å². The summed E-state index contributed by atoms with van der Waals surface area (Å²) >= 11 is 7.74. The molecule has 3 nitrogen and oxygen atoms in total. The van der Waals surface area contributed by atoms with Crippen LogP contribution in [0.1, 0.15) is 25.3 Å². The smallest absolute Gasteiger partial charge is 0.258 e. The van der Waals surface area contributed by atoms with Gasteiger partial charge in [0.1, 0.15) is 0 Å². The molecule has 0 aliphatic heterocycles. The lowest BCUT2D eigenvalue weighted by Crippen LogP contribution is -1.91. The predicted octanol–water partition coefficient (Wildman–Crippen LogP) is 4.28. The molecule has 0 N–H and O–H groups in total. The van der Waals surface area contributed by atoms with Crippen LogP contribution in [0.3, 0.4) is 0 Å². The van der Waals surface area contributed by atoms with Gasteiger partial charge in [0.05, 0.1) is 4.92 Å². The summed E-state index contributed by atoms with van der Waals surface area (Å²) in [5.74, 6) is 1.80. The second kappa shape index (κ2) is 6.76. The van der Waals surface area contributed by atoms with Gasteiger partial charge in [-0.25, -0.2) is 0 Å². The molecule has 0 spiro atoms. The molecular formula is C11H14ClNO2S. The first kappa shape index (κ1) is 13.3. The van der Waals surface area contributed by atoms with Crippen molar-refractivity contribution in [3.05, 3.63) is 38.9 Å². The molecule has 0 saturated heterocycles. The van der Waals surface area contributed by atoms with Crippen LogP contribution < -0.4 is 0 Å². The summed E-state index contributed by atoms with van der Waals surface area (Å²) in [6.07, 6.45) is 2.33. The summed E-state index contributed by atoms with van der Waals surface area (Å²) in [5.41, 5.74) is 0.951. The number of non-ortho nitro benzene ring substituents is 1. The Bertz CT molecular complexity index is 371. The number of benzene rings is 1. The van der Waals surface area contributed by atoms with E-state index in [4.69, 9.17) is 11.6 Å². The number of rotatable bonds is 6. The molecule has 0 bridgehead atoms. The summed E-state index contributed by atoms with van der Waals surface area (Å²) in [4.78, 5) is 10.2. The fourth-order valence-electron chi connectivity index (χ4n) is 1.21. The van der Waals surface area contributed by atoms with Gasteiger partial charge in [-0.05, 0) is 23.8 Å². The van der Waals surface area contributed by atoms with E-state index in [1.807, 2.05) is 0 Å². The number of nitro groups is 1. The van der Waals surface area contributed by atoms with Crippen molar-refractivity contribution in [2.24, 2.45) is 0 Å². The van der Waals surface area contributed by atoms with E-state index in [0.717, 1.165) is 29.9 Å². The Morgan fingerprint density at radius 2 is 2.25 bits per heavy atom. The summed E-state index contributed by atoms with van der Waals surface area (Å²) in [6.45, 7) is 2.14. The van der Waals surface area contributed by atoms with Gasteiger partial charge in [-0.1, -0.05) is 24.9 Å². The maximum Gasteiger partial charge on any atom is 0.269 e. The molecule has 0 radical (unpaired) electrons. The molecule has 0 amide bonds. The lowest BCUT2D eigenvalue weighted by Gasteiger charge is -2.03. The third-order valence-corrected chi connectivity index (χ3v) is 3.60. The molecule has 1 aromatic rings. The average Bonchev–Trinajstić information content (AvgIpc) is 2.26. The number of halogens is 1. The van der Waals surface area contributed by atoms with Crippen LogP contribution in [-0.2, 0) is 5.75 Å². The van der Waals surface area contributed by atoms with Crippen molar-refractivity contribution in [1.82, 2.24) is 0 Å². The standard InChI is InChI=1S/C11H14ClNO2S/c1-2-3-6-16-8-9-7-10(13(14)15)4-5-11(9)12/h4-5,7H,2-3,6,8H2,1H3. The summed E-state index contributed by atoms with van der Waals surface area (Å²) < 4.78 is 0. The number of nitro benzene ring substituents is 1. The summed E-state index contributed by atoms with van der Waals surface area (Å²) in [5, 5.41) is 11.2. The van der Waals surface area contributed by atoms with Gasteiger partial charge in [0.15, 0.2) is 0 Å². The maximum absolute atomic E-state index is 10.6. The van der Waals surface area contributed by atoms with Crippen molar-refractivity contribution < 1.29 is 4.92 Å². The van der Waals surface area contributed by atoms with Crippen molar-refractivity contribution in [2.75, 3.05) is 5.75 Å². The fourth-order valence-corrected chi connectivity index (χ4v) is 2.57. The number of thioether (sulfide) groups is 1. The molecule has 0 saturated carbocycles. The van der Waals surface area contributed by atoms with Gasteiger partial charge in [0.2, 0.25) is 0 Å². The van der Waals surface area contributed by atoms with Crippen LogP contribution in [0, 0.1) is 10.1 Å². The monoisotopic (exact) mass is 259 g/mol. The highest BCUT2D eigenvalue weighted by atomic mass is 35.5. The minimum Gasteiger partial charge on any atom is -0.258 e. The molecule has 0 aliphatic rings. The Morgan fingerprint density at radius 3 is 2.88 bits per heavy atom. The van der Waals surface area contributed by atoms with Crippen LogP contribution in [0.15, 0.2) is 18.2 Å². The topological polar surface area (TPSA) is 43.1 Å². The SMILES string of the molecule is CCCCSCc1cc([N+](=O)[O-])ccc1Cl. The highest BCUT2D eigenvalue weighted by molar-refractivity contribution is 7.98. The van der Waals surface area contributed by atoms with E-state index in [2.05, 4.69) is 6.92 Å². The van der Waals surface area contributed by atoms with Crippen molar-refractivity contribution >= 4 is 29.1 Å². The van der Waals surface area contributed by atoms with Crippen molar-refractivity contribution in [3.8, 4) is 0 Å². The molecule has 0 aliphatic carbocycles. The predicted molar refractivity (Wildman–Crippen MR) is 69.2 cm³/mol. The normalized spacial score (nSPS) is 10.4. The highest BCUT2D eigenvalue weighted by Gasteiger charge is 2.09. The third-order valence-electron chi connectivity index (χ3n) is 2.14. The fraction of sp³-hybridized carbons (Fsp3) is 0.455. The van der Waals surface area contributed by atoms with Crippen LogP contribution in [0.5, 0.6) is 0 Å². The molecule has 0 aromatic heterocycles. The Labute approximate surface area is 104 Å². The van der Waals surface area contributed by atoms with Gasteiger partial charge in [-0.15, -0.1) is 0 Å². The van der Waals surface area contributed by atoms with Crippen LogP contribution in [0.4, 0.5) is 5.69 Å².